The maximum absolute atomic E-state index is 13.0. The van der Waals surface area contributed by atoms with E-state index in [1.165, 1.54) is 5.56 Å². The summed E-state index contributed by atoms with van der Waals surface area (Å²) < 4.78 is 6.41. The van der Waals surface area contributed by atoms with Gasteiger partial charge in [-0.2, -0.15) is 0 Å². The zero-order chi connectivity index (χ0) is 20.3. The van der Waals surface area contributed by atoms with Gasteiger partial charge in [0.05, 0.1) is 6.54 Å². The van der Waals surface area contributed by atoms with Crippen molar-refractivity contribution in [1.29, 1.82) is 0 Å². The fourth-order valence-electron chi connectivity index (χ4n) is 4.28. The monoisotopic (exact) mass is 390 g/mol. The molecule has 2 aromatic rings. The topological polar surface area (TPSA) is 32.8 Å². The van der Waals surface area contributed by atoms with E-state index in [1.54, 1.807) is 0 Å². The van der Waals surface area contributed by atoms with E-state index >= 15 is 0 Å². The Kier molecular flexibility index (Phi) is 5.72. The van der Waals surface area contributed by atoms with Crippen LogP contribution in [0.2, 0.25) is 0 Å². The van der Waals surface area contributed by atoms with Gasteiger partial charge in [0.2, 0.25) is 0 Å². The molecular weight excluding hydrogens is 360 g/mol. The molecule has 0 aliphatic carbocycles. The Morgan fingerprint density at radius 3 is 2.21 bits per heavy atom. The third kappa shape index (κ3) is 4.38. The van der Waals surface area contributed by atoms with Gasteiger partial charge >= 0.3 is 0 Å². The standard InChI is InChI=1S/C25H30N2O2/c1-20(2)23-24(28)27(22-11-7-4-8-12-22)19-25(29-23)14-17-26(18-15-25)16-13-21-9-5-3-6-10-21/h3-12H,13-19H2,1-2H3. The van der Waals surface area contributed by atoms with Crippen LogP contribution in [-0.2, 0) is 16.0 Å². The van der Waals surface area contributed by atoms with Gasteiger partial charge in [-0.25, -0.2) is 0 Å². The smallest absolute Gasteiger partial charge is 0.293 e. The molecular formula is C25H30N2O2. The van der Waals surface area contributed by atoms with E-state index in [0.717, 1.165) is 50.2 Å². The first-order valence-corrected chi connectivity index (χ1v) is 10.6. The Bertz CT molecular complexity index is 864. The molecule has 2 heterocycles. The molecule has 2 fully saturated rings. The molecule has 0 saturated carbocycles. The highest BCUT2D eigenvalue weighted by Gasteiger charge is 2.45. The number of rotatable bonds is 4. The highest BCUT2D eigenvalue weighted by atomic mass is 16.5. The minimum absolute atomic E-state index is 0.0201. The minimum Gasteiger partial charge on any atom is -0.480 e. The average molecular weight is 391 g/mol. The highest BCUT2D eigenvalue weighted by molar-refractivity contribution is 6.05. The van der Waals surface area contributed by atoms with Crippen LogP contribution in [0.4, 0.5) is 5.69 Å². The van der Waals surface area contributed by atoms with Crippen molar-refractivity contribution < 1.29 is 9.53 Å². The molecule has 1 amide bonds. The van der Waals surface area contributed by atoms with Crippen molar-refractivity contribution in [3.63, 3.8) is 0 Å². The van der Waals surface area contributed by atoms with Gasteiger partial charge in [0.1, 0.15) is 5.60 Å². The molecule has 2 aliphatic heterocycles. The summed E-state index contributed by atoms with van der Waals surface area (Å²) >= 11 is 0. The van der Waals surface area contributed by atoms with Crippen LogP contribution in [0.5, 0.6) is 0 Å². The van der Waals surface area contributed by atoms with E-state index < -0.39 is 0 Å². The van der Waals surface area contributed by atoms with Gasteiger partial charge in [0.15, 0.2) is 5.76 Å². The molecule has 152 valence electrons. The predicted molar refractivity (Wildman–Crippen MR) is 117 cm³/mol. The van der Waals surface area contributed by atoms with Gasteiger partial charge in [-0.3, -0.25) is 4.79 Å². The Morgan fingerprint density at radius 1 is 0.966 bits per heavy atom. The molecule has 0 bridgehead atoms. The summed E-state index contributed by atoms with van der Waals surface area (Å²) in [5.74, 6) is 0.506. The molecule has 2 aromatic carbocycles. The number of para-hydroxylation sites is 1. The van der Waals surface area contributed by atoms with E-state index in [9.17, 15) is 4.79 Å². The number of morpholine rings is 1. The van der Waals surface area contributed by atoms with Crippen LogP contribution in [0.3, 0.4) is 0 Å². The molecule has 4 rings (SSSR count). The number of anilines is 1. The van der Waals surface area contributed by atoms with Gasteiger partial charge in [-0.05, 0) is 43.5 Å². The summed E-state index contributed by atoms with van der Waals surface area (Å²) in [4.78, 5) is 17.5. The number of hydrogen-bond donors (Lipinski definition) is 0. The fraction of sp³-hybridized carbons (Fsp3) is 0.400. The second-order valence-corrected chi connectivity index (χ2v) is 8.42. The molecule has 1 spiro atoms. The third-order valence-corrected chi connectivity index (χ3v) is 6.05. The van der Waals surface area contributed by atoms with Crippen LogP contribution >= 0.6 is 0 Å². The number of ether oxygens (including phenoxy) is 1. The van der Waals surface area contributed by atoms with E-state index in [2.05, 4.69) is 35.2 Å². The van der Waals surface area contributed by atoms with Gasteiger partial charge in [-0.1, -0.05) is 48.5 Å². The van der Waals surface area contributed by atoms with E-state index in [0.29, 0.717) is 12.3 Å². The molecule has 0 aromatic heterocycles. The molecule has 0 radical (unpaired) electrons. The minimum atomic E-state index is -0.292. The zero-order valence-electron chi connectivity index (χ0n) is 17.4. The second-order valence-electron chi connectivity index (χ2n) is 8.42. The Labute approximate surface area is 173 Å². The first kappa shape index (κ1) is 19.7. The molecule has 29 heavy (non-hydrogen) atoms. The Balaban J connectivity index is 1.46. The molecule has 0 N–H and O–H groups in total. The number of benzene rings is 2. The number of hydrogen-bond acceptors (Lipinski definition) is 3. The van der Waals surface area contributed by atoms with Crippen molar-refractivity contribution in [2.75, 3.05) is 31.1 Å². The summed E-state index contributed by atoms with van der Waals surface area (Å²) in [6, 6.07) is 20.6. The van der Waals surface area contributed by atoms with Crippen LogP contribution in [0.1, 0.15) is 32.3 Å². The van der Waals surface area contributed by atoms with Gasteiger partial charge in [-0.15, -0.1) is 0 Å². The zero-order valence-corrected chi connectivity index (χ0v) is 17.4. The number of carbonyl (C=O) groups is 1. The van der Waals surface area contributed by atoms with Crippen LogP contribution in [-0.4, -0.2) is 42.6 Å². The second kappa shape index (κ2) is 8.42. The number of nitrogens with zero attached hydrogens (tertiary/aromatic N) is 2. The predicted octanol–water partition coefficient (Wildman–Crippen LogP) is 4.42. The van der Waals surface area contributed by atoms with E-state index in [4.69, 9.17) is 4.74 Å². The van der Waals surface area contributed by atoms with Crippen molar-refractivity contribution in [2.45, 2.75) is 38.7 Å². The number of piperidine rings is 1. The summed E-state index contributed by atoms with van der Waals surface area (Å²) in [6.07, 6.45) is 2.95. The summed E-state index contributed by atoms with van der Waals surface area (Å²) in [7, 11) is 0. The largest absolute Gasteiger partial charge is 0.480 e. The molecule has 4 heteroatoms. The molecule has 4 nitrogen and oxygen atoms in total. The van der Waals surface area contributed by atoms with Crippen LogP contribution in [0.15, 0.2) is 72.0 Å². The quantitative estimate of drug-likeness (QED) is 0.725. The number of carbonyl (C=O) groups excluding carboxylic acids is 1. The van der Waals surface area contributed by atoms with Crippen LogP contribution in [0.25, 0.3) is 0 Å². The lowest BCUT2D eigenvalue weighted by Crippen LogP contribution is -2.58. The Hall–Kier alpha value is -2.59. The summed E-state index contributed by atoms with van der Waals surface area (Å²) in [5.41, 5.74) is 2.99. The molecule has 2 saturated heterocycles. The maximum Gasteiger partial charge on any atom is 0.293 e. The van der Waals surface area contributed by atoms with Crippen molar-refractivity contribution in [3.05, 3.63) is 77.6 Å². The van der Waals surface area contributed by atoms with Crippen molar-refractivity contribution in [1.82, 2.24) is 4.90 Å². The first-order valence-electron chi connectivity index (χ1n) is 10.6. The lowest BCUT2D eigenvalue weighted by Gasteiger charge is -2.48. The highest BCUT2D eigenvalue weighted by Crippen LogP contribution is 2.37. The number of amides is 1. The first-order chi connectivity index (χ1) is 14.1. The maximum atomic E-state index is 13.0. The molecule has 0 unspecified atom stereocenters. The van der Waals surface area contributed by atoms with Crippen molar-refractivity contribution in [3.8, 4) is 0 Å². The SMILES string of the molecule is CC(C)=C1OC2(CCN(CCc3ccccc3)CC2)CN(c2ccccc2)C1=O. The van der Waals surface area contributed by atoms with Gasteiger partial charge in [0, 0.05) is 38.2 Å². The van der Waals surface area contributed by atoms with Crippen molar-refractivity contribution in [2.24, 2.45) is 0 Å². The number of allylic oxidation sites excluding steroid dienone is 1. The van der Waals surface area contributed by atoms with Gasteiger partial charge < -0.3 is 14.5 Å². The van der Waals surface area contributed by atoms with E-state index in [-0.39, 0.29) is 11.5 Å². The molecule has 2 aliphatic rings. The Morgan fingerprint density at radius 2 is 1.59 bits per heavy atom. The summed E-state index contributed by atoms with van der Waals surface area (Å²) in [6.45, 7) is 7.62. The van der Waals surface area contributed by atoms with Crippen LogP contribution in [0, 0.1) is 0 Å². The lowest BCUT2D eigenvalue weighted by atomic mass is 9.88. The third-order valence-electron chi connectivity index (χ3n) is 6.05. The van der Waals surface area contributed by atoms with Crippen molar-refractivity contribution >= 4 is 11.6 Å². The normalized spacial score (nSPS) is 19.3. The van der Waals surface area contributed by atoms with E-state index in [1.807, 2.05) is 49.1 Å². The number of likely N-dealkylation sites (tertiary alicyclic amines) is 1. The van der Waals surface area contributed by atoms with Gasteiger partial charge in [0.25, 0.3) is 5.91 Å². The molecule has 0 atom stereocenters. The fourth-order valence-corrected chi connectivity index (χ4v) is 4.28. The lowest BCUT2D eigenvalue weighted by molar-refractivity contribution is -0.131. The average Bonchev–Trinajstić information content (AvgIpc) is 2.76. The summed E-state index contributed by atoms with van der Waals surface area (Å²) in [5, 5.41) is 0. The van der Waals surface area contributed by atoms with Crippen LogP contribution < -0.4 is 4.90 Å².